The number of unbranched alkanes of at least 4 members (excludes halogenated alkanes) is 8. The second kappa shape index (κ2) is 16.8. The van der Waals surface area contributed by atoms with Gasteiger partial charge < -0.3 is 5.73 Å². The van der Waals surface area contributed by atoms with Crippen LogP contribution in [0, 0.1) is 0 Å². The van der Waals surface area contributed by atoms with Crippen LogP contribution in [0.25, 0.3) is 0 Å². The van der Waals surface area contributed by atoms with Crippen LogP contribution in [0.15, 0.2) is 0 Å². The van der Waals surface area contributed by atoms with Crippen molar-refractivity contribution in [3.8, 4) is 0 Å². The van der Waals surface area contributed by atoms with Gasteiger partial charge in [0.2, 0.25) is 0 Å². The summed E-state index contributed by atoms with van der Waals surface area (Å²) in [7, 11) is 0. The fraction of sp³-hybridized carbons (Fsp3) is 1.00. The van der Waals surface area contributed by atoms with E-state index in [4.69, 9.17) is 75.3 Å². The molecule has 0 amide bonds. The molecule has 146 valence electrons. The Morgan fingerprint density at radius 1 is 0.542 bits per heavy atom. The predicted molar refractivity (Wildman–Crippen MR) is 114 cm³/mol. The maximum absolute atomic E-state index is 6.37. The second-order valence-corrected chi connectivity index (χ2v) is 9.27. The van der Waals surface area contributed by atoms with Crippen molar-refractivity contribution in [3.05, 3.63) is 0 Å². The van der Waals surface area contributed by atoms with Gasteiger partial charge in [0.1, 0.15) is 0 Å². The Bertz CT molecular complexity index is 282. The Morgan fingerprint density at radius 3 is 1.42 bits per heavy atom. The van der Waals surface area contributed by atoms with Crippen LogP contribution in [0.3, 0.4) is 0 Å². The fourth-order valence-electron chi connectivity index (χ4n) is 2.54. The molecular weight excluding hydrogens is 431 g/mol. The molecule has 1 nitrogen and oxygen atoms in total. The van der Waals surface area contributed by atoms with Crippen molar-refractivity contribution in [1.29, 1.82) is 0 Å². The average Bonchev–Trinajstić information content (AvgIpc) is 2.60. The lowest BCUT2D eigenvalue weighted by Gasteiger charge is -2.26. The SMILES string of the molecule is NCC(Cl)C(Cl)C(Cl)C(Cl)C(Cl)CCCCCCCCCCCCl. The van der Waals surface area contributed by atoms with Crippen LogP contribution in [0.1, 0.15) is 64.2 Å². The van der Waals surface area contributed by atoms with Crippen LogP contribution in [0.5, 0.6) is 0 Å². The van der Waals surface area contributed by atoms with Gasteiger partial charge in [0.15, 0.2) is 0 Å². The number of hydrogen-bond donors (Lipinski definition) is 1. The lowest BCUT2D eigenvalue weighted by molar-refractivity contribution is 0.541. The molecule has 7 heteroatoms. The molecule has 5 atom stereocenters. The van der Waals surface area contributed by atoms with Gasteiger partial charge in [-0.05, 0) is 12.8 Å². The van der Waals surface area contributed by atoms with E-state index in [1.165, 1.54) is 44.9 Å². The molecule has 0 aliphatic heterocycles. The molecule has 0 aromatic rings. The van der Waals surface area contributed by atoms with Crippen LogP contribution in [-0.4, -0.2) is 39.3 Å². The molecule has 0 radical (unpaired) electrons. The minimum absolute atomic E-state index is 0.201. The van der Waals surface area contributed by atoms with Crippen LogP contribution < -0.4 is 5.73 Å². The molecule has 0 aromatic heterocycles. The van der Waals surface area contributed by atoms with E-state index in [0.717, 1.165) is 25.1 Å². The maximum Gasteiger partial charge on any atom is 0.0692 e. The highest BCUT2D eigenvalue weighted by atomic mass is 35.5. The summed E-state index contributed by atoms with van der Waals surface area (Å²) in [6.45, 7) is 0.265. The first-order valence-electron chi connectivity index (χ1n) is 8.92. The maximum atomic E-state index is 6.37. The molecule has 0 spiro atoms. The molecule has 24 heavy (non-hydrogen) atoms. The number of rotatable bonds is 16. The number of nitrogens with two attached hydrogens (primary N) is 1. The Hall–Kier alpha value is 1.70. The molecule has 2 N–H and O–H groups in total. The van der Waals surface area contributed by atoms with E-state index >= 15 is 0 Å². The Morgan fingerprint density at radius 2 is 0.958 bits per heavy atom. The average molecular weight is 462 g/mol. The molecule has 0 rings (SSSR count). The Balaban J connectivity index is 3.68. The molecule has 0 bridgehead atoms. The van der Waals surface area contributed by atoms with Crippen molar-refractivity contribution in [1.82, 2.24) is 0 Å². The third-order valence-corrected chi connectivity index (χ3v) is 7.55. The Labute approximate surface area is 178 Å². The van der Waals surface area contributed by atoms with Gasteiger partial charge in [0.25, 0.3) is 0 Å². The van der Waals surface area contributed by atoms with Crippen molar-refractivity contribution in [2.75, 3.05) is 12.4 Å². The topological polar surface area (TPSA) is 26.0 Å². The first kappa shape index (κ1) is 25.7. The van der Waals surface area contributed by atoms with E-state index in [-0.39, 0.29) is 11.9 Å². The van der Waals surface area contributed by atoms with E-state index < -0.39 is 21.5 Å². The summed E-state index contributed by atoms with van der Waals surface area (Å²) in [5, 5.41) is -1.99. The number of halogens is 6. The van der Waals surface area contributed by atoms with Crippen molar-refractivity contribution in [3.63, 3.8) is 0 Å². The molecule has 5 unspecified atom stereocenters. The summed E-state index contributed by atoms with van der Waals surface area (Å²) in [4.78, 5) is 0. The monoisotopic (exact) mass is 459 g/mol. The summed E-state index contributed by atoms with van der Waals surface area (Å²) < 4.78 is 0. The van der Waals surface area contributed by atoms with Gasteiger partial charge in [-0.1, -0.05) is 51.4 Å². The van der Waals surface area contributed by atoms with E-state index in [1.54, 1.807) is 0 Å². The lowest BCUT2D eigenvalue weighted by Crippen LogP contribution is -2.39. The summed E-state index contributed by atoms with van der Waals surface area (Å²) in [6, 6.07) is 0. The minimum atomic E-state index is -0.491. The highest BCUT2D eigenvalue weighted by Crippen LogP contribution is 2.30. The molecular formula is C17H31Cl6N. The molecule has 0 heterocycles. The summed E-state index contributed by atoms with van der Waals surface area (Å²) in [5.74, 6) is 0.784. The van der Waals surface area contributed by atoms with Gasteiger partial charge in [0, 0.05) is 12.4 Å². The van der Waals surface area contributed by atoms with Gasteiger partial charge in [-0.3, -0.25) is 0 Å². The summed E-state index contributed by atoms with van der Waals surface area (Å²) >= 11 is 36.9. The van der Waals surface area contributed by atoms with Gasteiger partial charge in [-0.2, -0.15) is 0 Å². The van der Waals surface area contributed by atoms with Crippen LogP contribution in [-0.2, 0) is 0 Å². The van der Waals surface area contributed by atoms with Crippen molar-refractivity contribution >= 4 is 69.6 Å². The normalized spacial score (nSPS) is 18.1. The zero-order valence-corrected chi connectivity index (χ0v) is 18.8. The third kappa shape index (κ3) is 12.2. The number of alkyl halides is 6. The third-order valence-electron chi connectivity index (χ3n) is 4.14. The van der Waals surface area contributed by atoms with Gasteiger partial charge in [-0.25, -0.2) is 0 Å². The second-order valence-electron chi connectivity index (χ2n) is 6.26. The largest absolute Gasteiger partial charge is 0.329 e. The quantitative estimate of drug-likeness (QED) is 0.192. The van der Waals surface area contributed by atoms with E-state index in [2.05, 4.69) is 0 Å². The van der Waals surface area contributed by atoms with Gasteiger partial charge in [-0.15, -0.1) is 69.6 Å². The number of hydrogen-bond acceptors (Lipinski definition) is 1. The van der Waals surface area contributed by atoms with Crippen LogP contribution >= 0.6 is 69.6 Å². The molecule has 0 saturated carbocycles. The van der Waals surface area contributed by atoms with E-state index in [1.807, 2.05) is 0 Å². The zero-order chi connectivity index (χ0) is 18.4. The summed E-state index contributed by atoms with van der Waals surface area (Å²) in [5.41, 5.74) is 5.50. The molecule has 0 aromatic carbocycles. The van der Waals surface area contributed by atoms with Crippen molar-refractivity contribution in [2.45, 2.75) is 91.1 Å². The first-order chi connectivity index (χ1) is 11.5. The molecule has 0 fully saturated rings. The fourth-order valence-corrected chi connectivity index (χ4v) is 4.31. The van der Waals surface area contributed by atoms with Crippen LogP contribution in [0.2, 0.25) is 0 Å². The van der Waals surface area contributed by atoms with E-state index in [0.29, 0.717) is 0 Å². The Kier molecular flexibility index (Phi) is 18.0. The standard InChI is InChI=1S/C17H31Cl6N/c18-11-9-7-5-3-1-2-4-6-8-10-13(19)15(21)17(23)16(22)14(20)12-24/h13-17H,1-12,24H2. The van der Waals surface area contributed by atoms with Crippen molar-refractivity contribution < 1.29 is 0 Å². The van der Waals surface area contributed by atoms with Gasteiger partial charge in [0.05, 0.1) is 26.9 Å². The molecule has 0 aliphatic rings. The zero-order valence-electron chi connectivity index (χ0n) is 14.2. The molecule has 0 saturated heterocycles. The van der Waals surface area contributed by atoms with Crippen molar-refractivity contribution in [2.24, 2.45) is 5.73 Å². The first-order valence-corrected chi connectivity index (χ1v) is 11.6. The van der Waals surface area contributed by atoms with E-state index in [9.17, 15) is 0 Å². The lowest BCUT2D eigenvalue weighted by atomic mass is 10.0. The van der Waals surface area contributed by atoms with Gasteiger partial charge >= 0.3 is 0 Å². The predicted octanol–water partition coefficient (Wildman–Crippen LogP) is 7.12. The smallest absolute Gasteiger partial charge is 0.0692 e. The van der Waals surface area contributed by atoms with Crippen LogP contribution in [0.4, 0.5) is 0 Å². The highest BCUT2D eigenvalue weighted by Gasteiger charge is 2.33. The minimum Gasteiger partial charge on any atom is -0.329 e. The highest BCUT2D eigenvalue weighted by molar-refractivity contribution is 6.39. The summed E-state index contributed by atoms with van der Waals surface area (Å²) in [6.07, 6.45) is 11.9. The molecule has 0 aliphatic carbocycles.